The molecule has 1 saturated carbocycles. The molecule has 32 heavy (non-hydrogen) atoms. The van der Waals surface area contributed by atoms with E-state index >= 15 is 0 Å². The minimum atomic E-state index is -1.10. The Morgan fingerprint density at radius 1 is 0.750 bits per heavy atom. The van der Waals surface area contributed by atoms with Crippen LogP contribution >= 0.6 is 0 Å². The number of aldehydes is 1. The number of carbonyl (C=O) groups excluding carboxylic acids is 2. The van der Waals surface area contributed by atoms with Gasteiger partial charge in [0.15, 0.2) is 5.78 Å². The van der Waals surface area contributed by atoms with Crippen LogP contribution in [0.15, 0.2) is 91.0 Å². The smallest absolute Gasteiger partial charge is 0.194 e. The summed E-state index contributed by atoms with van der Waals surface area (Å²) < 4.78 is 0. The zero-order valence-corrected chi connectivity index (χ0v) is 23.5. The van der Waals surface area contributed by atoms with Crippen molar-refractivity contribution in [2.75, 3.05) is 0 Å². The van der Waals surface area contributed by atoms with Crippen LogP contribution in [0.3, 0.4) is 0 Å². The maximum Gasteiger partial charge on any atom is 0.194 e. The first kappa shape index (κ1) is 30.4. The van der Waals surface area contributed by atoms with Gasteiger partial charge in [0.25, 0.3) is 0 Å². The molecule has 6 heteroatoms. The summed E-state index contributed by atoms with van der Waals surface area (Å²) in [6.07, 6.45) is 5.09. The number of aliphatic hydroxyl groups is 1. The van der Waals surface area contributed by atoms with Gasteiger partial charge in [-0.2, -0.15) is 0 Å². The molecule has 4 rings (SSSR count). The predicted molar refractivity (Wildman–Crippen MR) is 119 cm³/mol. The topological polar surface area (TPSA) is 74.6 Å². The molecular weight excluding hydrogens is 665 g/mol. The number of Topliss-reactive ketones (excluding diaryl/α,β-unsaturated/α-hetero) is 1. The van der Waals surface area contributed by atoms with Gasteiger partial charge < -0.3 is 10.2 Å². The van der Waals surface area contributed by atoms with Crippen LogP contribution in [0.5, 0.6) is 5.75 Å². The molecule has 1 aliphatic carbocycles. The summed E-state index contributed by atoms with van der Waals surface area (Å²) in [6.45, 7) is 0. The molecule has 165 valence electrons. The second-order valence-corrected chi connectivity index (χ2v) is 7.15. The number of phenolic OH excluding ortho intramolecular Hbond substituents is 1. The van der Waals surface area contributed by atoms with Gasteiger partial charge in [-0.25, -0.2) is 0 Å². The van der Waals surface area contributed by atoms with Crippen LogP contribution < -0.4 is 0 Å². The van der Waals surface area contributed by atoms with Crippen molar-refractivity contribution in [2.45, 2.75) is 37.7 Å². The Kier molecular flexibility index (Phi) is 16.1. The molecule has 0 saturated heterocycles. The monoisotopic (exact) mass is 693 g/mol. The van der Waals surface area contributed by atoms with Crippen molar-refractivity contribution in [1.82, 2.24) is 0 Å². The quantitative estimate of drug-likeness (QED) is 0.283. The van der Waals surface area contributed by atoms with Crippen LogP contribution in [0.4, 0.5) is 0 Å². The van der Waals surface area contributed by atoms with Gasteiger partial charge in [-0.3, -0.25) is 9.59 Å². The molecule has 0 unspecified atom stereocenters. The molecule has 0 atom stereocenters. The average Bonchev–Trinajstić information content (AvgIpc) is 2.81. The van der Waals surface area contributed by atoms with E-state index in [4.69, 9.17) is 5.11 Å². The SMILES string of the molecule is O=C(c1ccccc1)C1(O)CCCCC1.O=Cc1ccccc1.Oc1ccccc1.[U].[V]. The summed E-state index contributed by atoms with van der Waals surface area (Å²) in [7, 11) is 0. The van der Waals surface area contributed by atoms with E-state index in [-0.39, 0.29) is 55.5 Å². The van der Waals surface area contributed by atoms with Gasteiger partial charge in [-0.05, 0) is 25.0 Å². The molecule has 0 aliphatic heterocycles. The first-order valence-corrected chi connectivity index (χ1v) is 10.1. The van der Waals surface area contributed by atoms with Crippen molar-refractivity contribution in [2.24, 2.45) is 0 Å². The summed E-state index contributed by atoms with van der Waals surface area (Å²) in [5.41, 5.74) is 0.258. The van der Waals surface area contributed by atoms with Crippen LogP contribution in [-0.4, -0.2) is 27.9 Å². The third kappa shape index (κ3) is 10.8. The minimum absolute atomic E-state index is 0. The Bertz CT molecular complexity index is 883. The van der Waals surface area contributed by atoms with Crippen molar-refractivity contribution in [3.63, 3.8) is 0 Å². The van der Waals surface area contributed by atoms with E-state index < -0.39 is 5.60 Å². The normalized spacial score (nSPS) is 13.3. The average molecular weight is 693 g/mol. The molecule has 1 aliphatic rings. The Hall–Kier alpha value is -1.60. The zero-order chi connectivity index (χ0) is 21.7. The van der Waals surface area contributed by atoms with Crippen molar-refractivity contribution in [3.8, 4) is 5.75 Å². The predicted octanol–water partition coefficient (Wildman–Crippen LogP) is 5.45. The first-order chi connectivity index (χ1) is 14.5. The van der Waals surface area contributed by atoms with E-state index in [2.05, 4.69) is 0 Å². The molecule has 3 aromatic carbocycles. The first-order valence-electron chi connectivity index (χ1n) is 10.1. The molecule has 4 nitrogen and oxygen atoms in total. The Morgan fingerprint density at radius 2 is 1.19 bits per heavy atom. The van der Waals surface area contributed by atoms with Crippen molar-refractivity contribution >= 4 is 12.1 Å². The fourth-order valence-electron chi connectivity index (χ4n) is 3.18. The largest absolute Gasteiger partial charge is 0.508 e. The number of phenols is 1. The van der Waals surface area contributed by atoms with E-state index in [0.717, 1.165) is 31.1 Å². The fourth-order valence-corrected chi connectivity index (χ4v) is 3.18. The molecule has 3 aromatic rings. The summed E-state index contributed by atoms with van der Waals surface area (Å²) >= 11 is 0. The Balaban J connectivity index is 0.000000482. The Morgan fingerprint density at radius 3 is 1.56 bits per heavy atom. The molecule has 2 N–H and O–H groups in total. The van der Waals surface area contributed by atoms with Gasteiger partial charge in [-0.15, -0.1) is 0 Å². The third-order valence-electron chi connectivity index (χ3n) is 4.83. The van der Waals surface area contributed by atoms with Crippen LogP contribution in [0.1, 0.15) is 52.8 Å². The van der Waals surface area contributed by atoms with Gasteiger partial charge in [0.2, 0.25) is 0 Å². The molecule has 0 heterocycles. The maximum absolute atomic E-state index is 12.1. The second-order valence-electron chi connectivity index (χ2n) is 7.15. The van der Waals surface area contributed by atoms with Crippen molar-refractivity contribution in [1.29, 1.82) is 0 Å². The van der Waals surface area contributed by atoms with Gasteiger partial charge >= 0.3 is 0 Å². The maximum atomic E-state index is 12.1. The standard InChI is InChI=1S/C13H16O2.C7H6O.C6H6O.U.V/c14-12(11-7-3-1-4-8-11)13(15)9-5-2-6-10-13;8-6-7-4-2-1-3-5-7;7-6-4-2-1-3-5-6;;/h1,3-4,7-8,15H,2,5-6,9-10H2;1-6H;1-5,7H;;. The second kappa shape index (κ2) is 16.9. The molecule has 0 aromatic heterocycles. The number of ketones is 1. The van der Waals surface area contributed by atoms with E-state index in [1.165, 1.54) is 0 Å². The summed E-state index contributed by atoms with van der Waals surface area (Å²) in [6, 6.07) is 26.9. The van der Waals surface area contributed by atoms with E-state index in [1.807, 2.05) is 42.5 Å². The van der Waals surface area contributed by atoms with Crippen LogP contribution in [0.25, 0.3) is 0 Å². The molecule has 0 spiro atoms. The fraction of sp³-hybridized carbons (Fsp3) is 0.231. The molecule has 0 amide bonds. The number of benzene rings is 3. The van der Waals surface area contributed by atoms with E-state index in [0.29, 0.717) is 24.2 Å². The number of hydrogen-bond donors (Lipinski definition) is 2. The third-order valence-corrected chi connectivity index (χ3v) is 4.83. The summed E-state index contributed by atoms with van der Waals surface area (Å²) in [5.74, 6) is 0.213. The molecule has 0 bridgehead atoms. The number of rotatable bonds is 3. The Labute approximate surface area is 225 Å². The van der Waals surface area contributed by atoms with Crippen LogP contribution in [0, 0.1) is 31.1 Å². The van der Waals surface area contributed by atoms with Crippen molar-refractivity contribution < 1.29 is 69.5 Å². The number of aromatic hydroxyl groups is 1. The van der Waals surface area contributed by atoms with Gasteiger partial charge in [0.05, 0.1) is 0 Å². The van der Waals surface area contributed by atoms with Crippen molar-refractivity contribution in [3.05, 3.63) is 102 Å². The van der Waals surface area contributed by atoms with Gasteiger partial charge in [-0.1, -0.05) is 98.1 Å². The minimum Gasteiger partial charge on any atom is -0.508 e. The molecular formula is C26H28O4UV. The van der Waals surface area contributed by atoms with Gasteiger partial charge in [0.1, 0.15) is 17.6 Å². The number of carbonyl (C=O) groups is 2. The molecule has 1 fully saturated rings. The van der Waals surface area contributed by atoms with Gasteiger partial charge in [0, 0.05) is 60.8 Å². The van der Waals surface area contributed by atoms with Crippen LogP contribution in [0.2, 0.25) is 0 Å². The number of hydrogen-bond acceptors (Lipinski definition) is 4. The van der Waals surface area contributed by atoms with E-state index in [1.54, 1.807) is 48.5 Å². The number of para-hydroxylation sites is 1. The summed E-state index contributed by atoms with van der Waals surface area (Å²) in [4.78, 5) is 22.1. The van der Waals surface area contributed by atoms with Crippen LogP contribution in [-0.2, 0) is 18.6 Å². The molecule has 1 radical (unpaired) electrons. The van der Waals surface area contributed by atoms with E-state index in [9.17, 15) is 14.7 Å². The summed E-state index contributed by atoms with van der Waals surface area (Å²) in [5, 5.41) is 18.9. The zero-order valence-electron chi connectivity index (χ0n) is 17.9.